The average molecular weight is 538 g/mol. The van der Waals surface area contributed by atoms with E-state index in [1.54, 1.807) is 35.5 Å². The highest BCUT2D eigenvalue weighted by Gasteiger charge is 2.34. The maximum absolute atomic E-state index is 9.80. The summed E-state index contributed by atoms with van der Waals surface area (Å²) in [6.45, 7) is 6.94. The Morgan fingerprint density at radius 3 is 2.87 bits per heavy atom. The summed E-state index contributed by atoms with van der Waals surface area (Å²) >= 11 is 6.78. The largest absolute Gasteiger partial charge is 0.450 e. The molecule has 1 fully saturated rings. The lowest BCUT2D eigenvalue weighted by molar-refractivity contribution is 0.0391. The summed E-state index contributed by atoms with van der Waals surface area (Å²) in [5.41, 5.74) is 2.64. The lowest BCUT2D eigenvalue weighted by Crippen LogP contribution is -2.29. The molecular formula is C25H28ClN9O3. The summed E-state index contributed by atoms with van der Waals surface area (Å²) < 4.78 is 17.2. The lowest BCUT2D eigenvalue weighted by atomic mass is 9.91. The molecule has 6 heterocycles. The van der Waals surface area contributed by atoms with Gasteiger partial charge in [0.15, 0.2) is 23.0 Å². The van der Waals surface area contributed by atoms with Crippen LogP contribution in [0.25, 0.3) is 16.7 Å². The number of ether oxygens (including phenoxy) is 2. The molecule has 0 aromatic carbocycles. The molecule has 2 atom stereocenters. The van der Waals surface area contributed by atoms with Crippen molar-refractivity contribution >= 4 is 40.0 Å². The number of imidazole rings is 1. The van der Waals surface area contributed by atoms with Crippen molar-refractivity contribution in [1.29, 1.82) is 0 Å². The molecule has 1 saturated heterocycles. The number of nitrogens with zero attached hydrogens (tertiary/aromatic N) is 8. The SMILES string of the molecule is Cn1c(Nc2cc(C(C)(C)C)n([C@H]3CCO[C@H]3CO)n2)nc2ncc(Oc3cnn4ccncc34)c(Cl)c21. The number of hydrogen-bond acceptors (Lipinski definition) is 9. The Hall–Kier alpha value is -3.74. The molecule has 198 valence electrons. The van der Waals surface area contributed by atoms with Gasteiger partial charge in [-0.05, 0) is 6.42 Å². The predicted octanol–water partition coefficient (Wildman–Crippen LogP) is 4.02. The van der Waals surface area contributed by atoms with E-state index in [4.69, 9.17) is 26.2 Å². The van der Waals surface area contributed by atoms with Gasteiger partial charge in [0.05, 0.1) is 31.2 Å². The van der Waals surface area contributed by atoms with E-state index < -0.39 is 0 Å². The van der Waals surface area contributed by atoms with Gasteiger partial charge >= 0.3 is 0 Å². The molecule has 0 spiro atoms. The second-order valence-electron chi connectivity index (χ2n) is 10.3. The molecule has 38 heavy (non-hydrogen) atoms. The van der Waals surface area contributed by atoms with Crippen molar-refractivity contribution < 1.29 is 14.6 Å². The van der Waals surface area contributed by atoms with Crippen LogP contribution in [-0.4, -0.2) is 63.3 Å². The van der Waals surface area contributed by atoms with E-state index >= 15 is 0 Å². The van der Waals surface area contributed by atoms with Crippen LogP contribution in [-0.2, 0) is 17.2 Å². The first-order valence-corrected chi connectivity index (χ1v) is 12.7. The summed E-state index contributed by atoms with van der Waals surface area (Å²) in [5.74, 6) is 2.05. The summed E-state index contributed by atoms with van der Waals surface area (Å²) in [5, 5.41) is 22.6. The highest BCUT2D eigenvalue weighted by molar-refractivity contribution is 6.36. The molecule has 0 bridgehead atoms. The number of aryl methyl sites for hydroxylation is 1. The highest BCUT2D eigenvalue weighted by Crippen LogP contribution is 2.37. The van der Waals surface area contributed by atoms with Gasteiger partial charge in [-0.1, -0.05) is 32.4 Å². The molecule has 0 unspecified atom stereocenters. The van der Waals surface area contributed by atoms with E-state index in [2.05, 4.69) is 46.1 Å². The van der Waals surface area contributed by atoms with Crippen molar-refractivity contribution in [2.75, 3.05) is 18.5 Å². The summed E-state index contributed by atoms with van der Waals surface area (Å²) in [4.78, 5) is 13.3. The van der Waals surface area contributed by atoms with E-state index in [1.807, 2.05) is 22.4 Å². The number of aromatic nitrogens is 8. The van der Waals surface area contributed by atoms with Gasteiger partial charge in [-0.2, -0.15) is 15.2 Å². The number of nitrogens with one attached hydrogen (secondary N) is 1. The molecular weight excluding hydrogens is 510 g/mol. The molecule has 0 amide bonds. The molecule has 0 aliphatic carbocycles. The summed E-state index contributed by atoms with van der Waals surface area (Å²) in [6, 6.07) is 1.96. The number of anilines is 2. The number of pyridine rings is 1. The summed E-state index contributed by atoms with van der Waals surface area (Å²) in [7, 11) is 1.85. The molecule has 0 saturated carbocycles. The zero-order chi connectivity index (χ0) is 26.6. The highest BCUT2D eigenvalue weighted by atomic mass is 35.5. The zero-order valence-electron chi connectivity index (χ0n) is 21.5. The molecule has 12 nitrogen and oxygen atoms in total. The van der Waals surface area contributed by atoms with Crippen LogP contribution in [0.5, 0.6) is 11.5 Å². The van der Waals surface area contributed by atoms with Crippen molar-refractivity contribution in [1.82, 2.24) is 38.9 Å². The molecule has 5 aromatic heterocycles. The fraction of sp³-hybridized carbons (Fsp3) is 0.400. The topological polar surface area (TPSA) is 129 Å². The standard InChI is InChI=1S/C25H28ClN9O3/c1-25(2,3)19-9-20(32-35(19)14-5-8-37-18(14)13-36)30-24-31-23-22(33(24)4)21(26)17(11-28-23)38-16-12-29-34-7-6-27-10-15(16)34/h6-7,9-12,14,18,36H,5,8,13H2,1-4H3,(H,28,30,31,32)/t14-,18-/m0/s1. The third-order valence-electron chi connectivity index (χ3n) is 6.73. The van der Waals surface area contributed by atoms with Crippen LogP contribution in [0.3, 0.4) is 0 Å². The van der Waals surface area contributed by atoms with Crippen LogP contribution in [0.4, 0.5) is 11.8 Å². The van der Waals surface area contributed by atoms with Crippen LogP contribution in [0, 0.1) is 0 Å². The van der Waals surface area contributed by atoms with Gasteiger partial charge in [0.1, 0.15) is 22.2 Å². The smallest absolute Gasteiger partial charge is 0.210 e. The minimum Gasteiger partial charge on any atom is -0.450 e. The van der Waals surface area contributed by atoms with Crippen molar-refractivity contribution in [2.45, 2.75) is 44.8 Å². The van der Waals surface area contributed by atoms with Gasteiger partial charge in [-0.25, -0.2) is 9.50 Å². The van der Waals surface area contributed by atoms with E-state index in [9.17, 15) is 5.11 Å². The van der Waals surface area contributed by atoms with Crippen molar-refractivity contribution in [3.63, 3.8) is 0 Å². The number of hydrogen-bond donors (Lipinski definition) is 2. The van der Waals surface area contributed by atoms with Crippen LogP contribution in [0.1, 0.15) is 38.9 Å². The van der Waals surface area contributed by atoms with Gasteiger partial charge < -0.3 is 24.5 Å². The molecule has 1 aliphatic heterocycles. The summed E-state index contributed by atoms with van der Waals surface area (Å²) in [6.07, 6.45) is 8.70. The van der Waals surface area contributed by atoms with Crippen molar-refractivity contribution in [2.24, 2.45) is 7.05 Å². The number of halogens is 1. The molecule has 0 radical (unpaired) electrons. The maximum Gasteiger partial charge on any atom is 0.210 e. The quantitative estimate of drug-likeness (QED) is 0.330. The normalized spacial score (nSPS) is 18.1. The van der Waals surface area contributed by atoms with E-state index in [0.29, 0.717) is 51.6 Å². The average Bonchev–Trinajstić information content (AvgIpc) is 3.67. The van der Waals surface area contributed by atoms with Crippen LogP contribution < -0.4 is 10.1 Å². The minimum atomic E-state index is -0.287. The van der Waals surface area contributed by atoms with Gasteiger partial charge in [0.2, 0.25) is 5.95 Å². The van der Waals surface area contributed by atoms with Crippen LogP contribution >= 0.6 is 11.6 Å². The van der Waals surface area contributed by atoms with E-state index in [1.165, 1.54) is 0 Å². The van der Waals surface area contributed by atoms with Crippen LogP contribution in [0.2, 0.25) is 5.02 Å². The molecule has 1 aliphatic rings. The third kappa shape index (κ3) is 4.14. The first-order valence-electron chi connectivity index (χ1n) is 12.3. The van der Waals surface area contributed by atoms with Crippen molar-refractivity contribution in [3.05, 3.63) is 47.8 Å². The number of rotatable bonds is 6. The fourth-order valence-electron chi connectivity index (χ4n) is 4.78. The lowest BCUT2D eigenvalue weighted by Gasteiger charge is -2.25. The number of fused-ring (bicyclic) bond motifs is 2. The number of aliphatic hydroxyl groups excluding tert-OH is 1. The maximum atomic E-state index is 9.80. The Balaban J connectivity index is 1.34. The van der Waals surface area contributed by atoms with E-state index in [0.717, 1.165) is 12.1 Å². The Bertz CT molecular complexity index is 1630. The Morgan fingerprint density at radius 2 is 2.08 bits per heavy atom. The van der Waals surface area contributed by atoms with Gasteiger partial charge in [0, 0.05) is 43.2 Å². The molecule has 13 heteroatoms. The fourth-order valence-corrected chi connectivity index (χ4v) is 5.08. The van der Waals surface area contributed by atoms with Crippen LogP contribution in [0.15, 0.2) is 37.1 Å². The van der Waals surface area contributed by atoms with Gasteiger partial charge in [0.25, 0.3) is 0 Å². The molecule has 5 aromatic rings. The van der Waals surface area contributed by atoms with Gasteiger partial charge in [-0.3, -0.25) is 9.67 Å². The first-order chi connectivity index (χ1) is 18.2. The Kier molecular flexibility index (Phi) is 5.97. The second kappa shape index (κ2) is 9.22. The molecule has 2 N–H and O–H groups in total. The van der Waals surface area contributed by atoms with Gasteiger partial charge in [-0.15, -0.1) is 0 Å². The molecule has 6 rings (SSSR count). The van der Waals surface area contributed by atoms with Crippen molar-refractivity contribution in [3.8, 4) is 11.5 Å². The second-order valence-corrected chi connectivity index (χ2v) is 10.7. The zero-order valence-corrected chi connectivity index (χ0v) is 22.2. The first kappa shape index (κ1) is 24.6. The minimum absolute atomic E-state index is 0.0452. The Labute approximate surface area is 223 Å². The van der Waals surface area contributed by atoms with E-state index in [-0.39, 0.29) is 24.2 Å². The third-order valence-corrected chi connectivity index (χ3v) is 7.09. The predicted molar refractivity (Wildman–Crippen MR) is 141 cm³/mol. The monoisotopic (exact) mass is 537 g/mol. The Morgan fingerprint density at radius 1 is 1.24 bits per heavy atom. The number of aliphatic hydroxyl groups is 1.